The number of anilines is 2. The number of benzene rings is 2. The lowest BCUT2D eigenvalue weighted by atomic mass is 9.95. The molecule has 3 amide bonds. The van der Waals surface area contributed by atoms with Gasteiger partial charge >= 0.3 is 0 Å². The van der Waals surface area contributed by atoms with Crippen molar-refractivity contribution >= 4 is 40.6 Å². The third-order valence-electron chi connectivity index (χ3n) is 6.61. The lowest BCUT2D eigenvalue weighted by Gasteiger charge is -2.23. The van der Waals surface area contributed by atoms with Gasteiger partial charge in [0, 0.05) is 18.3 Å². The topological polar surface area (TPSA) is 117 Å². The van der Waals surface area contributed by atoms with Crippen LogP contribution in [0.25, 0.3) is 0 Å². The van der Waals surface area contributed by atoms with Crippen molar-refractivity contribution < 1.29 is 14.4 Å². The van der Waals surface area contributed by atoms with Gasteiger partial charge in [0.05, 0.1) is 5.69 Å². The molecule has 4 rings (SSSR count). The van der Waals surface area contributed by atoms with Crippen LogP contribution in [0, 0.1) is 0 Å². The number of hydrogen-bond acceptors (Lipinski definition) is 6. The van der Waals surface area contributed by atoms with Gasteiger partial charge in [-0.3, -0.25) is 19.3 Å². The van der Waals surface area contributed by atoms with Crippen LogP contribution in [0.5, 0.6) is 0 Å². The van der Waals surface area contributed by atoms with Crippen LogP contribution in [0.3, 0.4) is 0 Å². The van der Waals surface area contributed by atoms with Gasteiger partial charge in [0.1, 0.15) is 11.4 Å². The Morgan fingerprint density at radius 3 is 2.38 bits per heavy atom. The van der Waals surface area contributed by atoms with Crippen molar-refractivity contribution in [2.45, 2.75) is 58.0 Å². The van der Waals surface area contributed by atoms with Crippen LogP contribution < -0.4 is 21.3 Å². The predicted molar refractivity (Wildman–Crippen MR) is 147 cm³/mol. The first-order chi connectivity index (χ1) is 18.0. The summed E-state index contributed by atoms with van der Waals surface area (Å²) in [7, 11) is 0. The minimum atomic E-state index is -0.467. The molecular formula is C28H33N5O3S. The molecule has 0 aliphatic heterocycles. The molecule has 3 aromatic rings. The van der Waals surface area contributed by atoms with E-state index in [1.807, 2.05) is 61.5 Å². The summed E-state index contributed by atoms with van der Waals surface area (Å²) in [5, 5.41) is 5.87. The molecule has 0 unspecified atom stereocenters. The fourth-order valence-electron chi connectivity index (χ4n) is 4.43. The molecule has 1 aliphatic carbocycles. The maximum absolute atomic E-state index is 13.7. The maximum Gasteiger partial charge on any atom is 0.273 e. The normalized spacial score (nSPS) is 13.6. The minimum absolute atomic E-state index is 0.0446. The number of nitrogens with two attached hydrogens (primary N) is 1. The molecule has 1 aromatic heterocycles. The SMILES string of the molecule is CCc1ccc(N(CC(=O)NCc2ccccc2)C(=O)c2snc(C(=O)NC3CCCCC3)c2N)cc1. The second-order valence-electron chi connectivity index (χ2n) is 9.26. The number of carbonyl (C=O) groups is 3. The summed E-state index contributed by atoms with van der Waals surface area (Å²) in [4.78, 5) is 40.9. The molecule has 1 aliphatic rings. The van der Waals surface area contributed by atoms with Gasteiger partial charge in [0.2, 0.25) is 5.91 Å². The molecule has 0 radical (unpaired) electrons. The van der Waals surface area contributed by atoms with Crippen LogP contribution in [-0.2, 0) is 17.8 Å². The lowest BCUT2D eigenvalue weighted by Crippen LogP contribution is -2.40. The van der Waals surface area contributed by atoms with Gasteiger partial charge in [0.15, 0.2) is 5.69 Å². The Balaban J connectivity index is 1.52. The van der Waals surface area contributed by atoms with Crippen molar-refractivity contribution in [3.8, 4) is 0 Å². The maximum atomic E-state index is 13.7. The Morgan fingerprint density at radius 2 is 1.70 bits per heavy atom. The summed E-state index contributed by atoms with van der Waals surface area (Å²) < 4.78 is 4.22. The second-order valence-corrected chi connectivity index (χ2v) is 10.0. The zero-order valence-corrected chi connectivity index (χ0v) is 21.9. The van der Waals surface area contributed by atoms with Crippen molar-refractivity contribution in [2.75, 3.05) is 17.2 Å². The van der Waals surface area contributed by atoms with E-state index >= 15 is 0 Å². The standard InChI is InChI=1S/C28H33N5O3S/c1-2-19-13-15-22(16-14-19)33(18-23(34)30-17-20-9-5-3-6-10-20)28(36)26-24(29)25(32-37-26)27(35)31-21-11-7-4-8-12-21/h3,5-6,9-10,13-16,21H,2,4,7-8,11-12,17-18,29H2,1H3,(H,30,34)(H,31,35). The molecule has 9 heteroatoms. The Bertz CT molecular complexity index is 1220. The number of aromatic nitrogens is 1. The number of amides is 3. The zero-order chi connectivity index (χ0) is 26.2. The minimum Gasteiger partial charge on any atom is -0.395 e. The zero-order valence-electron chi connectivity index (χ0n) is 21.0. The van der Waals surface area contributed by atoms with E-state index in [0.29, 0.717) is 12.2 Å². The molecular weight excluding hydrogens is 486 g/mol. The van der Waals surface area contributed by atoms with Crippen molar-refractivity contribution in [1.82, 2.24) is 15.0 Å². The van der Waals surface area contributed by atoms with E-state index in [1.54, 1.807) is 0 Å². The summed E-state index contributed by atoms with van der Waals surface area (Å²) in [6.07, 6.45) is 6.06. The molecule has 8 nitrogen and oxygen atoms in total. The molecule has 4 N–H and O–H groups in total. The summed E-state index contributed by atoms with van der Waals surface area (Å²) in [5.74, 6) is -1.14. The Morgan fingerprint density at radius 1 is 1.00 bits per heavy atom. The van der Waals surface area contributed by atoms with Crippen LogP contribution >= 0.6 is 11.5 Å². The van der Waals surface area contributed by atoms with E-state index in [2.05, 4.69) is 15.0 Å². The molecule has 2 aromatic carbocycles. The monoisotopic (exact) mass is 519 g/mol. The van der Waals surface area contributed by atoms with Crippen LogP contribution in [0.1, 0.15) is 70.3 Å². The number of nitrogen functional groups attached to an aromatic ring is 1. The molecule has 0 bridgehead atoms. The summed E-state index contributed by atoms with van der Waals surface area (Å²) in [6.45, 7) is 2.20. The largest absolute Gasteiger partial charge is 0.395 e. The fourth-order valence-corrected chi connectivity index (χ4v) is 5.17. The third-order valence-corrected chi connectivity index (χ3v) is 7.46. The van der Waals surface area contributed by atoms with Gasteiger partial charge in [-0.2, -0.15) is 4.37 Å². The van der Waals surface area contributed by atoms with Crippen molar-refractivity contribution in [2.24, 2.45) is 0 Å². The van der Waals surface area contributed by atoms with Crippen LogP contribution in [0.2, 0.25) is 0 Å². The van der Waals surface area contributed by atoms with Gasteiger partial charge in [-0.25, -0.2) is 0 Å². The average molecular weight is 520 g/mol. The fraction of sp³-hybridized carbons (Fsp3) is 0.357. The highest BCUT2D eigenvalue weighted by Gasteiger charge is 2.29. The highest BCUT2D eigenvalue weighted by molar-refractivity contribution is 7.09. The summed E-state index contributed by atoms with van der Waals surface area (Å²) in [5.41, 5.74) is 9.03. The van der Waals surface area contributed by atoms with E-state index in [1.165, 1.54) is 11.3 Å². The molecule has 1 fully saturated rings. The van der Waals surface area contributed by atoms with Crippen molar-refractivity contribution in [3.63, 3.8) is 0 Å². The number of aryl methyl sites for hydroxylation is 1. The molecule has 0 atom stereocenters. The van der Waals surface area contributed by atoms with E-state index in [-0.39, 0.29) is 40.7 Å². The Kier molecular flexibility index (Phi) is 8.90. The molecule has 37 heavy (non-hydrogen) atoms. The number of nitrogens with one attached hydrogen (secondary N) is 2. The number of carbonyl (C=O) groups excluding carboxylic acids is 3. The van der Waals surface area contributed by atoms with Gasteiger partial charge in [0.25, 0.3) is 11.8 Å². The molecule has 0 saturated heterocycles. The number of nitrogens with zero attached hydrogens (tertiary/aromatic N) is 2. The van der Waals surface area contributed by atoms with Gasteiger partial charge in [-0.05, 0) is 54.1 Å². The first-order valence-corrected chi connectivity index (χ1v) is 13.5. The van der Waals surface area contributed by atoms with E-state index in [9.17, 15) is 14.4 Å². The van der Waals surface area contributed by atoms with Gasteiger partial charge in [-0.1, -0.05) is 68.7 Å². The Hall–Kier alpha value is -3.72. The predicted octanol–water partition coefficient (Wildman–Crippen LogP) is 4.31. The van der Waals surface area contributed by atoms with Gasteiger partial charge in [-0.15, -0.1) is 0 Å². The van der Waals surface area contributed by atoms with Crippen LogP contribution in [-0.4, -0.2) is 34.7 Å². The van der Waals surface area contributed by atoms with E-state index in [4.69, 9.17) is 5.73 Å². The quantitative estimate of drug-likeness (QED) is 0.389. The second kappa shape index (κ2) is 12.5. The first kappa shape index (κ1) is 26.3. The third kappa shape index (κ3) is 6.74. The molecule has 0 spiro atoms. The highest BCUT2D eigenvalue weighted by atomic mass is 32.1. The average Bonchev–Trinajstić information content (AvgIpc) is 3.32. The van der Waals surface area contributed by atoms with Crippen molar-refractivity contribution in [1.29, 1.82) is 0 Å². The first-order valence-electron chi connectivity index (χ1n) is 12.7. The van der Waals surface area contributed by atoms with Gasteiger partial charge < -0.3 is 16.4 Å². The Labute approximate surface area is 221 Å². The van der Waals surface area contributed by atoms with E-state index in [0.717, 1.165) is 54.8 Å². The molecule has 1 heterocycles. The number of hydrogen-bond donors (Lipinski definition) is 3. The van der Waals surface area contributed by atoms with Crippen LogP contribution in [0.15, 0.2) is 54.6 Å². The molecule has 1 saturated carbocycles. The lowest BCUT2D eigenvalue weighted by molar-refractivity contribution is -0.119. The van der Waals surface area contributed by atoms with Crippen molar-refractivity contribution in [3.05, 3.63) is 76.3 Å². The summed E-state index contributed by atoms with van der Waals surface area (Å²) in [6, 6.07) is 17.1. The summed E-state index contributed by atoms with van der Waals surface area (Å²) >= 11 is 0.884. The smallest absolute Gasteiger partial charge is 0.273 e. The van der Waals surface area contributed by atoms with E-state index < -0.39 is 5.91 Å². The van der Waals surface area contributed by atoms with Crippen LogP contribution in [0.4, 0.5) is 11.4 Å². The number of rotatable bonds is 9. The highest BCUT2D eigenvalue weighted by Crippen LogP contribution is 2.27. The molecule has 194 valence electrons.